The van der Waals surface area contributed by atoms with Crippen LogP contribution in [-0.4, -0.2) is 45.5 Å². The van der Waals surface area contributed by atoms with Crippen molar-refractivity contribution in [1.29, 1.82) is 0 Å². The van der Waals surface area contributed by atoms with Crippen molar-refractivity contribution in [2.45, 2.75) is 5.75 Å². The Balaban J connectivity index is 0.00000361. The van der Waals surface area contributed by atoms with E-state index in [2.05, 4.69) is 16.9 Å². The summed E-state index contributed by atoms with van der Waals surface area (Å²) in [6.07, 6.45) is 2.07. The number of methoxy groups -OCH3 is 1. The minimum absolute atomic E-state index is 0. The molecule has 0 radical (unpaired) electrons. The van der Waals surface area contributed by atoms with Gasteiger partial charge in [-0.05, 0) is 24.0 Å². The Hall–Kier alpha value is -0.750. The Kier molecular flexibility index (Phi) is 11.6. The molecular formula is C14H23ClN2O2S. The summed E-state index contributed by atoms with van der Waals surface area (Å²) in [4.78, 5) is 11.8. The molecule has 0 atom stereocenters. The first-order valence-electron chi connectivity index (χ1n) is 6.33. The number of halogens is 1. The number of hydrogen-bond acceptors (Lipinski definition) is 4. The first kappa shape index (κ1) is 19.2. The summed E-state index contributed by atoms with van der Waals surface area (Å²) in [7, 11) is 1.67. The molecule has 1 rings (SSSR count). The van der Waals surface area contributed by atoms with Gasteiger partial charge in [0.05, 0.1) is 6.61 Å². The zero-order valence-corrected chi connectivity index (χ0v) is 13.6. The number of rotatable bonds is 9. The highest BCUT2D eigenvalue weighted by molar-refractivity contribution is 7.97. The van der Waals surface area contributed by atoms with Crippen LogP contribution < -0.4 is 10.6 Å². The quantitative estimate of drug-likeness (QED) is 0.683. The van der Waals surface area contributed by atoms with Gasteiger partial charge in [-0.25, -0.2) is 0 Å². The number of ether oxygens (including phenoxy) is 1. The van der Waals surface area contributed by atoms with E-state index in [0.29, 0.717) is 18.7 Å². The second kappa shape index (κ2) is 12.0. The molecule has 0 aliphatic heterocycles. The van der Waals surface area contributed by atoms with Gasteiger partial charge < -0.3 is 15.4 Å². The lowest BCUT2D eigenvalue weighted by atomic mass is 10.1. The summed E-state index contributed by atoms with van der Waals surface area (Å²) >= 11 is 1.77. The third-order valence-electron chi connectivity index (χ3n) is 2.60. The van der Waals surface area contributed by atoms with Crippen molar-refractivity contribution in [2.75, 3.05) is 39.6 Å². The van der Waals surface area contributed by atoms with Crippen LogP contribution in [0, 0.1) is 0 Å². The van der Waals surface area contributed by atoms with E-state index in [4.69, 9.17) is 4.74 Å². The van der Waals surface area contributed by atoms with Crippen molar-refractivity contribution < 1.29 is 9.53 Å². The molecule has 1 aromatic rings. The maximum atomic E-state index is 11.8. The van der Waals surface area contributed by atoms with Gasteiger partial charge in [-0.3, -0.25) is 4.79 Å². The first-order chi connectivity index (χ1) is 9.27. The van der Waals surface area contributed by atoms with Gasteiger partial charge in [0.25, 0.3) is 5.91 Å². The summed E-state index contributed by atoms with van der Waals surface area (Å²) in [5.74, 6) is 0.954. The highest BCUT2D eigenvalue weighted by Crippen LogP contribution is 2.10. The fourth-order valence-corrected chi connectivity index (χ4v) is 2.11. The van der Waals surface area contributed by atoms with Gasteiger partial charge in [-0.1, -0.05) is 12.1 Å². The predicted octanol–water partition coefficient (Wildman–Crippen LogP) is 1.94. The summed E-state index contributed by atoms with van der Waals surface area (Å²) in [5.41, 5.74) is 1.95. The average Bonchev–Trinajstić information content (AvgIpc) is 2.43. The van der Waals surface area contributed by atoms with E-state index in [-0.39, 0.29) is 18.3 Å². The van der Waals surface area contributed by atoms with Gasteiger partial charge >= 0.3 is 0 Å². The predicted molar refractivity (Wildman–Crippen MR) is 88.0 cm³/mol. The zero-order valence-electron chi connectivity index (χ0n) is 12.0. The lowest BCUT2D eigenvalue weighted by Crippen LogP contribution is -2.33. The molecule has 0 aromatic heterocycles. The van der Waals surface area contributed by atoms with Crippen molar-refractivity contribution in [2.24, 2.45) is 0 Å². The lowest BCUT2D eigenvalue weighted by Gasteiger charge is -2.07. The normalized spacial score (nSPS) is 9.90. The number of carbonyl (C=O) groups is 1. The van der Waals surface area contributed by atoms with Crippen molar-refractivity contribution in [3.8, 4) is 0 Å². The SMILES string of the molecule is COCCNCCNC(=O)c1ccc(CSC)cc1.Cl. The van der Waals surface area contributed by atoms with Crippen LogP contribution in [0.4, 0.5) is 0 Å². The molecule has 0 saturated carbocycles. The fourth-order valence-electron chi connectivity index (χ4n) is 1.58. The molecule has 0 fully saturated rings. The highest BCUT2D eigenvalue weighted by Gasteiger charge is 2.04. The van der Waals surface area contributed by atoms with Crippen molar-refractivity contribution in [3.63, 3.8) is 0 Å². The lowest BCUT2D eigenvalue weighted by molar-refractivity contribution is 0.0953. The summed E-state index contributed by atoms with van der Waals surface area (Å²) in [6, 6.07) is 7.75. The maximum absolute atomic E-state index is 11.8. The Morgan fingerprint density at radius 2 is 1.90 bits per heavy atom. The Morgan fingerprint density at radius 1 is 1.20 bits per heavy atom. The van der Waals surface area contributed by atoms with Gasteiger partial charge in [0, 0.05) is 38.1 Å². The third-order valence-corrected chi connectivity index (χ3v) is 3.22. The molecule has 1 amide bonds. The van der Waals surface area contributed by atoms with Crippen molar-refractivity contribution >= 4 is 30.1 Å². The number of amides is 1. The fraction of sp³-hybridized carbons (Fsp3) is 0.500. The number of hydrogen-bond donors (Lipinski definition) is 2. The Labute approximate surface area is 131 Å². The van der Waals surface area contributed by atoms with Crippen LogP contribution in [0.2, 0.25) is 0 Å². The van der Waals surface area contributed by atoms with Crippen LogP contribution in [0.25, 0.3) is 0 Å². The molecule has 0 spiro atoms. The molecule has 0 unspecified atom stereocenters. The van der Waals surface area contributed by atoms with E-state index in [0.717, 1.165) is 18.8 Å². The molecular weight excluding hydrogens is 296 g/mol. The number of nitrogens with one attached hydrogen (secondary N) is 2. The van der Waals surface area contributed by atoms with E-state index in [1.165, 1.54) is 5.56 Å². The minimum atomic E-state index is -0.0238. The van der Waals surface area contributed by atoms with E-state index in [1.54, 1.807) is 18.9 Å². The molecule has 0 saturated heterocycles. The molecule has 114 valence electrons. The van der Waals surface area contributed by atoms with E-state index >= 15 is 0 Å². The van der Waals surface area contributed by atoms with Gasteiger partial charge in [0.2, 0.25) is 0 Å². The van der Waals surface area contributed by atoms with Gasteiger partial charge in [-0.2, -0.15) is 11.8 Å². The summed E-state index contributed by atoms with van der Waals surface area (Å²) < 4.78 is 4.92. The molecule has 0 aliphatic rings. The molecule has 1 aromatic carbocycles. The molecule has 20 heavy (non-hydrogen) atoms. The minimum Gasteiger partial charge on any atom is -0.383 e. The molecule has 0 aliphatic carbocycles. The number of benzene rings is 1. The smallest absolute Gasteiger partial charge is 0.251 e. The third kappa shape index (κ3) is 7.75. The van der Waals surface area contributed by atoms with Gasteiger partial charge in [-0.15, -0.1) is 12.4 Å². The maximum Gasteiger partial charge on any atom is 0.251 e. The van der Waals surface area contributed by atoms with Crippen LogP contribution in [0.15, 0.2) is 24.3 Å². The van der Waals surface area contributed by atoms with Crippen LogP contribution in [-0.2, 0) is 10.5 Å². The summed E-state index contributed by atoms with van der Waals surface area (Å²) in [6.45, 7) is 2.86. The number of carbonyl (C=O) groups excluding carboxylic acids is 1. The van der Waals surface area contributed by atoms with E-state index in [9.17, 15) is 4.79 Å². The average molecular weight is 319 g/mol. The van der Waals surface area contributed by atoms with Gasteiger partial charge in [0.1, 0.15) is 0 Å². The topological polar surface area (TPSA) is 50.4 Å². The highest BCUT2D eigenvalue weighted by atomic mass is 35.5. The van der Waals surface area contributed by atoms with Crippen LogP contribution in [0.5, 0.6) is 0 Å². The molecule has 0 bridgehead atoms. The Morgan fingerprint density at radius 3 is 2.50 bits per heavy atom. The second-order valence-corrected chi connectivity index (χ2v) is 4.99. The molecule has 4 nitrogen and oxygen atoms in total. The zero-order chi connectivity index (χ0) is 13.9. The molecule has 0 heterocycles. The van der Waals surface area contributed by atoms with E-state index in [1.807, 2.05) is 24.3 Å². The number of thioether (sulfide) groups is 1. The summed E-state index contributed by atoms with van der Waals surface area (Å²) in [5, 5.41) is 6.06. The standard InChI is InChI=1S/C14H22N2O2S.ClH/c1-18-10-9-15-7-8-16-14(17)13-5-3-12(4-6-13)11-19-2;/h3-6,15H,7-11H2,1-2H3,(H,16,17);1H. The van der Waals surface area contributed by atoms with Gasteiger partial charge in [0.15, 0.2) is 0 Å². The largest absolute Gasteiger partial charge is 0.383 e. The van der Waals surface area contributed by atoms with Crippen molar-refractivity contribution in [3.05, 3.63) is 35.4 Å². The second-order valence-electron chi connectivity index (χ2n) is 4.13. The van der Waals surface area contributed by atoms with Crippen LogP contribution in [0.3, 0.4) is 0 Å². The first-order valence-corrected chi connectivity index (χ1v) is 7.73. The molecule has 6 heteroatoms. The van der Waals surface area contributed by atoms with E-state index < -0.39 is 0 Å². The van der Waals surface area contributed by atoms with Crippen molar-refractivity contribution in [1.82, 2.24) is 10.6 Å². The monoisotopic (exact) mass is 318 g/mol. The van der Waals surface area contributed by atoms with Crippen LogP contribution in [0.1, 0.15) is 15.9 Å². The van der Waals surface area contributed by atoms with Crippen LogP contribution >= 0.6 is 24.2 Å². The Bertz CT molecular complexity index is 374. The molecule has 2 N–H and O–H groups in total.